The molecule has 0 bridgehead atoms. The molecule has 9 heteroatoms. The fourth-order valence-electron chi connectivity index (χ4n) is 7.89. The van der Waals surface area contributed by atoms with Crippen LogP contribution in [-0.4, -0.2) is 48.8 Å². The summed E-state index contributed by atoms with van der Waals surface area (Å²) in [5.41, 5.74) is 12.8. The molecule has 3 aliphatic rings. The highest BCUT2D eigenvalue weighted by molar-refractivity contribution is 6.06. The average molecular weight is 729 g/mol. The lowest BCUT2D eigenvalue weighted by molar-refractivity contribution is -0.141. The average Bonchev–Trinajstić information content (AvgIpc) is 3.62. The molecule has 1 heterocycles. The smallest absolute Gasteiger partial charge is 0.308 e. The van der Waals surface area contributed by atoms with Gasteiger partial charge in [0, 0.05) is 53.9 Å². The van der Waals surface area contributed by atoms with Crippen molar-refractivity contribution in [2.75, 3.05) is 41.0 Å². The zero-order valence-corrected chi connectivity index (χ0v) is 31.2. The Morgan fingerprint density at radius 2 is 1.24 bits per heavy atom. The van der Waals surface area contributed by atoms with E-state index in [1.807, 2.05) is 48.5 Å². The summed E-state index contributed by atoms with van der Waals surface area (Å²) in [4.78, 5) is 51.5. The first kappa shape index (κ1) is 38.3. The van der Waals surface area contributed by atoms with E-state index in [4.69, 9.17) is 10.8 Å². The van der Waals surface area contributed by atoms with Crippen LogP contribution in [-0.2, 0) is 9.59 Å². The Kier molecular flexibility index (Phi) is 12.8. The summed E-state index contributed by atoms with van der Waals surface area (Å²) in [6.07, 6.45) is 13.0. The van der Waals surface area contributed by atoms with Crippen molar-refractivity contribution in [3.8, 4) is 0 Å². The fourth-order valence-corrected chi connectivity index (χ4v) is 7.89. The molecule has 7 rings (SSSR count). The van der Waals surface area contributed by atoms with Crippen LogP contribution < -0.4 is 20.9 Å². The summed E-state index contributed by atoms with van der Waals surface area (Å²) in [5, 5.41) is 12.2. The highest BCUT2D eigenvalue weighted by atomic mass is 16.4. The summed E-state index contributed by atoms with van der Waals surface area (Å²) < 4.78 is 0. The van der Waals surface area contributed by atoms with Gasteiger partial charge in [-0.1, -0.05) is 74.9 Å². The van der Waals surface area contributed by atoms with Gasteiger partial charge in [-0.3, -0.25) is 19.2 Å². The molecule has 0 aromatic heterocycles. The lowest BCUT2D eigenvalue weighted by Crippen LogP contribution is -2.26. The molecule has 2 saturated carbocycles. The summed E-state index contributed by atoms with van der Waals surface area (Å²) in [6.45, 7) is 0.377. The molecule has 4 aromatic rings. The van der Waals surface area contributed by atoms with Crippen LogP contribution in [0.15, 0.2) is 97.1 Å². The molecule has 54 heavy (non-hydrogen) atoms. The van der Waals surface area contributed by atoms with Crippen LogP contribution in [0, 0.1) is 5.92 Å². The first-order chi connectivity index (χ1) is 26.2. The maximum absolute atomic E-state index is 12.6. The van der Waals surface area contributed by atoms with Crippen LogP contribution in [0.4, 0.5) is 22.7 Å². The van der Waals surface area contributed by atoms with E-state index in [0.29, 0.717) is 28.8 Å². The number of carbonyl (C=O) groups excluding carboxylic acids is 3. The standard InChI is InChI=1S/C25H28N2O4.C20H24N2O/c28-23(19-8-6-18(7-9-19)17-4-2-1-3-5-17)15-26-21-10-12-22(13-11-21)27-16-20(25(30)31)14-24(27)29;1-22(19-13-11-18(21)12-14-19)20(23)17-9-7-16(8-10-17)15-5-3-2-4-6-15/h6-13,17,20,26H,1-5,14-16H2,(H,30,31);7-15H,2-6,21H2,1H3. The summed E-state index contributed by atoms with van der Waals surface area (Å²) in [6, 6.07) is 30.7. The lowest BCUT2D eigenvalue weighted by Gasteiger charge is -2.22. The molecule has 4 N–H and O–H groups in total. The van der Waals surface area contributed by atoms with Crippen LogP contribution in [0.5, 0.6) is 0 Å². The number of nitrogen functional groups attached to an aromatic ring is 1. The second-order valence-corrected chi connectivity index (χ2v) is 14.9. The number of carboxylic acid groups (broad SMARTS) is 1. The number of aliphatic carboxylic acids is 1. The van der Waals surface area contributed by atoms with Crippen LogP contribution in [0.3, 0.4) is 0 Å². The number of carbonyl (C=O) groups is 4. The molecule has 0 spiro atoms. The monoisotopic (exact) mass is 728 g/mol. The van der Waals surface area contributed by atoms with Crippen LogP contribution in [0.25, 0.3) is 0 Å². The van der Waals surface area contributed by atoms with Crippen LogP contribution >= 0.6 is 0 Å². The molecule has 2 amide bonds. The van der Waals surface area contributed by atoms with Crippen molar-refractivity contribution in [1.29, 1.82) is 0 Å². The summed E-state index contributed by atoms with van der Waals surface area (Å²) in [7, 11) is 1.79. The number of anilines is 4. The van der Waals surface area contributed by atoms with Crippen molar-refractivity contribution in [2.45, 2.75) is 82.5 Å². The molecule has 1 unspecified atom stereocenters. The second-order valence-electron chi connectivity index (χ2n) is 14.9. The van der Waals surface area contributed by atoms with Gasteiger partial charge in [-0.2, -0.15) is 0 Å². The number of carboxylic acids is 1. The number of nitrogens with two attached hydrogens (primary N) is 1. The van der Waals surface area contributed by atoms with Crippen molar-refractivity contribution < 1.29 is 24.3 Å². The molecular weight excluding hydrogens is 677 g/mol. The minimum Gasteiger partial charge on any atom is -0.481 e. The zero-order valence-electron chi connectivity index (χ0n) is 31.2. The third kappa shape index (κ3) is 9.75. The molecule has 4 aromatic carbocycles. The van der Waals surface area contributed by atoms with E-state index >= 15 is 0 Å². The predicted octanol–water partition coefficient (Wildman–Crippen LogP) is 9.06. The molecule has 9 nitrogen and oxygen atoms in total. The van der Waals surface area contributed by atoms with E-state index in [1.165, 1.54) is 80.2 Å². The van der Waals surface area contributed by atoms with E-state index in [9.17, 15) is 19.2 Å². The zero-order chi connectivity index (χ0) is 38.0. The van der Waals surface area contributed by atoms with Gasteiger partial charge in [-0.15, -0.1) is 0 Å². The Morgan fingerprint density at radius 3 is 1.74 bits per heavy atom. The molecule has 1 atom stereocenters. The third-order valence-electron chi connectivity index (χ3n) is 11.2. The first-order valence-electron chi connectivity index (χ1n) is 19.4. The predicted molar refractivity (Wildman–Crippen MR) is 215 cm³/mol. The molecule has 3 fully saturated rings. The second kappa shape index (κ2) is 18.1. The van der Waals surface area contributed by atoms with Gasteiger partial charge in [0.25, 0.3) is 5.91 Å². The third-order valence-corrected chi connectivity index (χ3v) is 11.2. The Hall–Kier alpha value is -5.44. The van der Waals surface area contributed by atoms with E-state index in [1.54, 1.807) is 36.2 Å². The maximum atomic E-state index is 12.6. The largest absolute Gasteiger partial charge is 0.481 e. The van der Waals surface area contributed by atoms with Gasteiger partial charge in [0.1, 0.15) is 0 Å². The van der Waals surface area contributed by atoms with E-state index in [2.05, 4.69) is 29.6 Å². The van der Waals surface area contributed by atoms with Gasteiger partial charge in [-0.25, -0.2) is 0 Å². The number of hydrogen-bond donors (Lipinski definition) is 3. The van der Waals surface area contributed by atoms with Gasteiger partial charge in [0.05, 0.1) is 12.5 Å². The molecule has 1 saturated heterocycles. The fraction of sp³-hybridized carbons (Fsp3) is 0.378. The number of benzene rings is 4. The molecule has 1 aliphatic heterocycles. The number of nitrogens with one attached hydrogen (secondary N) is 1. The topological polar surface area (TPSA) is 133 Å². The minimum atomic E-state index is -0.945. The van der Waals surface area contributed by atoms with E-state index in [-0.39, 0.29) is 37.1 Å². The molecule has 0 radical (unpaired) electrons. The quantitative estimate of drug-likeness (QED) is 0.110. The van der Waals surface area contributed by atoms with Crippen molar-refractivity contribution in [3.63, 3.8) is 0 Å². The Bertz CT molecular complexity index is 1880. The molecule has 282 valence electrons. The Labute approximate surface area is 318 Å². The van der Waals surface area contributed by atoms with Crippen LogP contribution in [0.1, 0.15) is 114 Å². The number of Topliss-reactive ketones (excluding diaryl/α,β-unsaturated/α-hetero) is 1. The number of hydrogen-bond acceptors (Lipinski definition) is 6. The number of amides is 2. The molecule has 2 aliphatic carbocycles. The number of rotatable bonds is 10. The van der Waals surface area contributed by atoms with Gasteiger partial charge in [0.2, 0.25) is 5.91 Å². The highest BCUT2D eigenvalue weighted by Gasteiger charge is 2.35. The minimum absolute atomic E-state index is 0.00460. The number of nitrogens with zero attached hydrogens (tertiary/aromatic N) is 2. The summed E-state index contributed by atoms with van der Waals surface area (Å²) >= 11 is 0. The van der Waals surface area contributed by atoms with E-state index < -0.39 is 11.9 Å². The maximum Gasteiger partial charge on any atom is 0.308 e. The van der Waals surface area contributed by atoms with Crippen molar-refractivity contribution in [2.24, 2.45) is 5.92 Å². The lowest BCUT2D eigenvalue weighted by atomic mass is 9.84. The van der Waals surface area contributed by atoms with Crippen molar-refractivity contribution in [3.05, 3.63) is 119 Å². The van der Waals surface area contributed by atoms with Crippen LogP contribution in [0.2, 0.25) is 0 Å². The van der Waals surface area contributed by atoms with Gasteiger partial charge >= 0.3 is 5.97 Å². The summed E-state index contributed by atoms with van der Waals surface area (Å²) in [5.74, 6) is -0.458. The van der Waals surface area contributed by atoms with Crippen molar-refractivity contribution in [1.82, 2.24) is 0 Å². The Morgan fingerprint density at radius 1 is 0.722 bits per heavy atom. The molecular formula is C45H52N4O5. The first-order valence-corrected chi connectivity index (χ1v) is 19.4. The highest BCUT2D eigenvalue weighted by Crippen LogP contribution is 2.34. The van der Waals surface area contributed by atoms with Gasteiger partial charge < -0.3 is 26.0 Å². The van der Waals surface area contributed by atoms with E-state index in [0.717, 1.165) is 16.9 Å². The normalized spacial score (nSPS) is 17.7. The van der Waals surface area contributed by atoms with Gasteiger partial charge in [0.15, 0.2) is 5.78 Å². The SMILES string of the molecule is CN(C(=O)c1ccc(C2CCCCC2)cc1)c1ccc(N)cc1.O=C(CNc1ccc(N2CC(C(=O)O)CC2=O)cc1)c1ccc(C2CCCCC2)cc1. The van der Waals surface area contributed by atoms with Gasteiger partial charge in [-0.05, 0) is 109 Å². The van der Waals surface area contributed by atoms with Crippen molar-refractivity contribution >= 4 is 46.3 Å². The Balaban J connectivity index is 0.000000193. The number of ketones is 1.